The van der Waals surface area contributed by atoms with Crippen LogP contribution in [0.2, 0.25) is 0 Å². The second kappa shape index (κ2) is 6.66. The molecule has 76 valence electrons. The summed E-state index contributed by atoms with van der Waals surface area (Å²) in [5.74, 6) is -0.0803. The van der Waals surface area contributed by atoms with Crippen LogP contribution in [0.3, 0.4) is 0 Å². The third-order valence-corrected chi connectivity index (χ3v) is 1.67. The number of rotatable bonds is 5. The number of carbonyl (C=O) groups is 1. The van der Waals surface area contributed by atoms with Crippen molar-refractivity contribution in [3.05, 3.63) is 11.6 Å². The van der Waals surface area contributed by atoms with Gasteiger partial charge in [0.15, 0.2) is 0 Å². The molecule has 13 heavy (non-hydrogen) atoms. The van der Waals surface area contributed by atoms with Gasteiger partial charge in [0.2, 0.25) is 5.91 Å². The number of amides is 1. The molecule has 1 atom stereocenters. The zero-order valence-corrected chi connectivity index (χ0v) is 8.63. The summed E-state index contributed by atoms with van der Waals surface area (Å²) in [4.78, 5) is 11.1. The lowest BCUT2D eigenvalue weighted by Crippen LogP contribution is -2.25. The van der Waals surface area contributed by atoms with Gasteiger partial charge in [-0.1, -0.05) is 12.5 Å². The maximum absolute atomic E-state index is 11.1. The van der Waals surface area contributed by atoms with Crippen LogP contribution in [-0.4, -0.2) is 23.7 Å². The molecule has 0 aromatic rings. The molecule has 1 unspecified atom stereocenters. The molecule has 0 aliphatic carbocycles. The van der Waals surface area contributed by atoms with Crippen LogP contribution in [0, 0.1) is 0 Å². The van der Waals surface area contributed by atoms with Crippen LogP contribution in [0.1, 0.15) is 33.6 Å². The van der Waals surface area contributed by atoms with E-state index in [4.69, 9.17) is 0 Å². The fourth-order valence-electron chi connectivity index (χ4n) is 0.879. The molecular formula is C10H19NO2. The highest BCUT2D eigenvalue weighted by Gasteiger charge is 2.00. The molecule has 0 spiro atoms. The van der Waals surface area contributed by atoms with E-state index in [9.17, 15) is 9.90 Å². The van der Waals surface area contributed by atoms with Gasteiger partial charge < -0.3 is 10.4 Å². The molecule has 0 fully saturated rings. The first-order chi connectivity index (χ1) is 6.06. The summed E-state index contributed by atoms with van der Waals surface area (Å²) in [6.07, 6.45) is 2.61. The number of aliphatic hydroxyl groups is 1. The second-order valence-corrected chi connectivity index (χ2v) is 3.36. The van der Waals surface area contributed by atoms with Gasteiger partial charge in [-0.3, -0.25) is 4.79 Å². The van der Waals surface area contributed by atoms with E-state index in [1.807, 2.05) is 20.8 Å². The highest BCUT2D eigenvalue weighted by Crippen LogP contribution is 1.94. The molecular weight excluding hydrogens is 166 g/mol. The minimum atomic E-state index is -0.299. The van der Waals surface area contributed by atoms with E-state index >= 15 is 0 Å². The molecule has 1 amide bonds. The molecule has 0 heterocycles. The van der Waals surface area contributed by atoms with E-state index in [-0.39, 0.29) is 12.0 Å². The normalized spacial score (nSPS) is 12.0. The van der Waals surface area contributed by atoms with Crippen LogP contribution >= 0.6 is 0 Å². The SMILES string of the molecule is CCC(O)CCNC(=O)C=C(C)C. The van der Waals surface area contributed by atoms with Crippen molar-refractivity contribution in [3.63, 3.8) is 0 Å². The van der Waals surface area contributed by atoms with Crippen molar-refractivity contribution in [2.24, 2.45) is 0 Å². The Bertz CT molecular complexity index is 183. The van der Waals surface area contributed by atoms with Crippen molar-refractivity contribution in [1.82, 2.24) is 5.32 Å². The van der Waals surface area contributed by atoms with Crippen LogP contribution in [0.5, 0.6) is 0 Å². The molecule has 0 aliphatic heterocycles. The topological polar surface area (TPSA) is 49.3 Å². The molecule has 0 bridgehead atoms. The van der Waals surface area contributed by atoms with Crippen LogP contribution in [0.4, 0.5) is 0 Å². The predicted octanol–water partition coefficient (Wildman–Crippen LogP) is 1.23. The summed E-state index contributed by atoms with van der Waals surface area (Å²) >= 11 is 0. The Hall–Kier alpha value is -0.830. The number of allylic oxidation sites excluding steroid dienone is 1. The fraction of sp³-hybridized carbons (Fsp3) is 0.700. The molecule has 3 heteroatoms. The van der Waals surface area contributed by atoms with Crippen LogP contribution < -0.4 is 5.32 Å². The molecule has 0 aromatic carbocycles. The minimum absolute atomic E-state index is 0.0803. The van der Waals surface area contributed by atoms with Gasteiger partial charge in [0.25, 0.3) is 0 Å². The number of carbonyl (C=O) groups excluding carboxylic acids is 1. The minimum Gasteiger partial charge on any atom is -0.393 e. The quantitative estimate of drug-likeness (QED) is 0.633. The lowest BCUT2D eigenvalue weighted by atomic mass is 10.2. The Morgan fingerprint density at radius 3 is 2.62 bits per heavy atom. The number of hydrogen-bond donors (Lipinski definition) is 2. The molecule has 3 nitrogen and oxygen atoms in total. The molecule has 0 aromatic heterocycles. The maximum Gasteiger partial charge on any atom is 0.243 e. The summed E-state index contributed by atoms with van der Waals surface area (Å²) in [5.41, 5.74) is 0.980. The summed E-state index contributed by atoms with van der Waals surface area (Å²) < 4.78 is 0. The van der Waals surface area contributed by atoms with Crippen molar-refractivity contribution in [3.8, 4) is 0 Å². The summed E-state index contributed by atoms with van der Waals surface area (Å²) in [6, 6.07) is 0. The Morgan fingerprint density at radius 1 is 1.54 bits per heavy atom. The van der Waals surface area contributed by atoms with Crippen molar-refractivity contribution < 1.29 is 9.90 Å². The van der Waals surface area contributed by atoms with Gasteiger partial charge in [0.05, 0.1) is 6.10 Å². The highest BCUT2D eigenvalue weighted by molar-refractivity contribution is 5.87. The largest absolute Gasteiger partial charge is 0.393 e. The molecule has 0 aliphatic rings. The molecule has 0 saturated carbocycles. The Kier molecular flexibility index (Phi) is 6.24. The number of nitrogens with one attached hydrogen (secondary N) is 1. The summed E-state index contributed by atoms with van der Waals surface area (Å²) in [5, 5.41) is 11.9. The third kappa shape index (κ3) is 7.53. The number of aliphatic hydroxyl groups excluding tert-OH is 1. The van der Waals surface area contributed by atoms with Crippen LogP contribution in [-0.2, 0) is 4.79 Å². The summed E-state index contributed by atoms with van der Waals surface area (Å²) in [6.45, 7) is 6.21. The van der Waals surface area contributed by atoms with E-state index in [2.05, 4.69) is 5.32 Å². The van der Waals surface area contributed by atoms with Crippen molar-refractivity contribution in [2.45, 2.75) is 39.7 Å². The van der Waals surface area contributed by atoms with Gasteiger partial charge in [0.1, 0.15) is 0 Å². The van der Waals surface area contributed by atoms with Gasteiger partial charge in [0, 0.05) is 12.6 Å². The lowest BCUT2D eigenvalue weighted by Gasteiger charge is -2.07. The standard InChI is InChI=1S/C10H19NO2/c1-4-9(12)5-6-11-10(13)7-8(2)3/h7,9,12H,4-6H2,1-3H3,(H,11,13). The monoisotopic (exact) mass is 185 g/mol. The molecule has 0 saturated heterocycles. The first-order valence-electron chi connectivity index (χ1n) is 4.67. The Morgan fingerprint density at radius 2 is 2.15 bits per heavy atom. The van der Waals surface area contributed by atoms with E-state index in [1.54, 1.807) is 6.08 Å². The van der Waals surface area contributed by atoms with Crippen LogP contribution in [0.25, 0.3) is 0 Å². The van der Waals surface area contributed by atoms with Gasteiger partial charge in [-0.05, 0) is 26.7 Å². The van der Waals surface area contributed by atoms with Gasteiger partial charge >= 0.3 is 0 Å². The average molecular weight is 185 g/mol. The maximum atomic E-state index is 11.1. The molecule has 2 N–H and O–H groups in total. The zero-order chi connectivity index (χ0) is 10.3. The van der Waals surface area contributed by atoms with Crippen molar-refractivity contribution in [2.75, 3.05) is 6.54 Å². The van der Waals surface area contributed by atoms with Crippen molar-refractivity contribution >= 4 is 5.91 Å². The van der Waals surface area contributed by atoms with E-state index in [0.717, 1.165) is 12.0 Å². The smallest absolute Gasteiger partial charge is 0.243 e. The van der Waals surface area contributed by atoms with Gasteiger partial charge in [-0.25, -0.2) is 0 Å². The third-order valence-electron chi connectivity index (χ3n) is 1.67. The average Bonchev–Trinajstić information content (AvgIpc) is 2.02. The van der Waals surface area contributed by atoms with E-state index < -0.39 is 0 Å². The number of hydrogen-bond acceptors (Lipinski definition) is 2. The van der Waals surface area contributed by atoms with Gasteiger partial charge in [-0.2, -0.15) is 0 Å². The first-order valence-corrected chi connectivity index (χ1v) is 4.67. The zero-order valence-electron chi connectivity index (χ0n) is 8.63. The Balaban J connectivity index is 3.54. The first kappa shape index (κ1) is 12.2. The molecule has 0 radical (unpaired) electrons. The lowest BCUT2D eigenvalue weighted by molar-refractivity contribution is -0.116. The van der Waals surface area contributed by atoms with Crippen molar-refractivity contribution in [1.29, 1.82) is 0 Å². The Labute approximate surface area is 79.8 Å². The molecule has 0 rings (SSSR count). The van der Waals surface area contributed by atoms with Crippen LogP contribution in [0.15, 0.2) is 11.6 Å². The highest BCUT2D eigenvalue weighted by atomic mass is 16.3. The predicted molar refractivity (Wildman–Crippen MR) is 53.4 cm³/mol. The van der Waals surface area contributed by atoms with E-state index in [1.165, 1.54) is 0 Å². The van der Waals surface area contributed by atoms with Gasteiger partial charge in [-0.15, -0.1) is 0 Å². The summed E-state index contributed by atoms with van der Waals surface area (Å²) in [7, 11) is 0. The van der Waals surface area contributed by atoms with E-state index in [0.29, 0.717) is 13.0 Å². The second-order valence-electron chi connectivity index (χ2n) is 3.36. The fourth-order valence-corrected chi connectivity index (χ4v) is 0.879.